The largest absolute Gasteiger partial charge is 0.389 e. The molecule has 86 valence electrons. The van der Waals surface area contributed by atoms with Crippen LogP contribution in [0.4, 0.5) is 0 Å². The normalized spacial score (nSPS) is 11.8. The van der Waals surface area contributed by atoms with Crippen LogP contribution in [0.5, 0.6) is 0 Å². The van der Waals surface area contributed by atoms with Crippen molar-refractivity contribution in [2.24, 2.45) is 0 Å². The first kappa shape index (κ1) is 13.8. The van der Waals surface area contributed by atoms with Crippen molar-refractivity contribution in [1.29, 1.82) is 5.26 Å². The van der Waals surface area contributed by atoms with Crippen LogP contribution in [0.2, 0.25) is 0 Å². The average molecular weight is 215 g/mol. The molecule has 0 heterocycles. The second-order valence-electron chi connectivity index (χ2n) is 3.00. The first-order valence-electron chi connectivity index (χ1n) is 4.72. The molecule has 0 fully saturated rings. The summed E-state index contributed by atoms with van der Waals surface area (Å²) in [4.78, 5) is 11.1. The third-order valence-corrected chi connectivity index (χ3v) is 1.58. The molecule has 1 unspecified atom stereocenters. The molecule has 0 aliphatic rings. The molecule has 1 amide bonds. The summed E-state index contributed by atoms with van der Waals surface area (Å²) in [7, 11) is 1.50. The van der Waals surface area contributed by atoms with Gasteiger partial charge in [-0.05, 0) is 0 Å². The molecular formula is C9H17N3O3. The lowest BCUT2D eigenvalue weighted by molar-refractivity contribution is -0.120. The van der Waals surface area contributed by atoms with Crippen LogP contribution in [0.25, 0.3) is 0 Å². The van der Waals surface area contributed by atoms with Crippen LogP contribution in [0.3, 0.4) is 0 Å². The van der Waals surface area contributed by atoms with Crippen LogP contribution in [-0.4, -0.2) is 50.5 Å². The Morgan fingerprint density at radius 3 is 3.00 bits per heavy atom. The van der Waals surface area contributed by atoms with E-state index in [9.17, 15) is 9.90 Å². The number of methoxy groups -OCH3 is 1. The van der Waals surface area contributed by atoms with Crippen LogP contribution < -0.4 is 10.6 Å². The van der Waals surface area contributed by atoms with Crippen molar-refractivity contribution in [3.8, 4) is 6.07 Å². The second kappa shape index (κ2) is 9.40. The van der Waals surface area contributed by atoms with Crippen LogP contribution in [0.15, 0.2) is 0 Å². The van der Waals surface area contributed by atoms with Gasteiger partial charge in [0.25, 0.3) is 0 Å². The van der Waals surface area contributed by atoms with Gasteiger partial charge in [-0.15, -0.1) is 0 Å². The van der Waals surface area contributed by atoms with E-state index in [1.807, 2.05) is 6.07 Å². The van der Waals surface area contributed by atoms with Gasteiger partial charge in [0, 0.05) is 20.2 Å². The molecule has 6 heteroatoms. The summed E-state index contributed by atoms with van der Waals surface area (Å²) in [5, 5.41) is 22.8. The Morgan fingerprint density at radius 2 is 2.40 bits per heavy atom. The van der Waals surface area contributed by atoms with Crippen molar-refractivity contribution in [3.63, 3.8) is 0 Å². The van der Waals surface area contributed by atoms with Gasteiger partial charge < -0.3 is 20.5 Å². The standard InChI is InChI=1S/C9H17N3O3/c1-15-7-8(13)5-11-6-9(14)12-4-2-3-10/h8,11,13H,2,4-7H2,1H3,(H,12,14). The van der Waals surface area contributed by atoms with Crippen molar-refractivity contribution in [2.45, 2.75) is 12.5 Å². The number of aliphatic hydroxyl groups excluding tert-OH is 1. The molecule has 0 radical (unpaired) electrons. The average Bonchev–Trinajstić information content (AvgIpc) is 2.18. The predicted molar refractivity (Wildman–Crippen MR) is 54.0 cm³/mol. The Hall–Kier alpha value is -1.16. The molecule has 0 aromatic carbocycles. The molecule has 3 N–H and O–H groups in total. The number of amides is 1. The van der Waals surface area contributed by atoms with E-state index in [-0.39, 0.29) is 19.1 Å². The molecule has 0 saturated carbocycles. The number of nitrogens with zero attached hydrogens (tertiary/aromatic N) is 1. The van der Waals surface area contributed by atoms with Gasteiger partial charge in [-0.3, -0.25) is 4.79 Å². The number of carbonyl (C=O) groups is 1. The van der Waals surface area contributed by atoms with Crippen LogP contribution in [-0.2, 0) is 9.53 Å². The summed E-state index contributed by atoms with van der Waals surface area (Å²) in [5.74, 6) is -0.185. The van der Waals surface area contributed by atoms with E-state index in [1.165, 1.54) is 7.11 Å². The summed E-state index contributed by atoms with van der Waals surface area (Å²) < 4.78 is 4.71. The molecule has 0 saturated heterocycles. The van der Waals surface area contributed by atoms with Gasteiger partial charge >= 0.3 is 0 Å². The summed E-state index contributed by atoms with van der Waals surface area (Å²) >= 11 is 0. The van der Waals surface area contributed by atoms with Gasteiger partial charge in [-0.25, -0.2) is 0 Å². The van der Waals surface area contributed by atoms with Crippen molar-refractivity contribution >= 4 is 5.91 Å². The van der Waals surface area contributed by atoms with E-state index < -0.39 is 6.10 Å². The topological polar surface area (TPSA) is 94.4 Å². The minimum absolute atomic E-state index is 0.131. The molecule has 0 bridgehead atoms. The fourth-order valence-corrected chi connectivity index (χ4v) is 0.924. The lowest BCUT2D eigenvalue weighted by atomic mass is 10.3. The molecule has 0 spiro atoms. The number of nitriles is 1. The highest BCUT2D eigenvalue weighted by atomic mass is 16.5. The summed E-state index contributed by atoms with van der Waals surface area (Å²) in [6.45, 7) is 1.03. The SMILES string of the molecule is COCC(O)CNCC(=O)NCCC#N. The smallest absolute Gasteiger partial charge is 0.233 e. The molecule has 0 aliphatic heterocycles. The number of carbonyl (C=O) groups excluding carboxylic acids is 1. The maximum atomic E-state index is 11.1. The molecular weight excluding hydrogens is 198 g/mol. The zero-order valence-corrected chi connectivity index (χ0v) is 8.82. The lowest BCUT2D eigenvalue weighted by Gasteiger charge is -2.10. The Labute approximate surface area is 89.2 Å². The summed E-state index contributed by atoms with van der Waals surface area (Å²) in [6.07, 6.45) is -0.306. The highest BCUT2D eigenvalue weighted by Gasteiger charge is 2.04. The minimum Gasteiger partial charge on any atom is -0.389 e. The van der Waals surface area contributed by atoms with Crippen molar-refractivity contribution in [1.82, 2.24) is 10.6 Å². The van der Waals surface area contributed by atoms with Crippen LogP contribution in [0, 0.1) is 11.3 Å². The fraction of sp³-hybridized carbons (Fsp3) is 0.778. The Balaban J connectivity index is 3.35. The van der Waals surface area contributed by atoms with E-state index in [4.69, 9.17) is 10.00 Å². The Morgan fingerprint density at radius 1 is 1.67 bits per heavy atom. The van der Waals surface area contributed by atoms with E-state index in [2.05, 4.69) is 10.6 Å². The third-order valence-electron chi connectivity index (χ3n) is 1.58. The zero-order valence-electron chi connectivity index (χ0n) is 8.82. The third kappa shape index (κ3) is 9.15. The molecule has 15 heavy (non-hydrogen) atoms. The van der Waals surface area contributed by atoms with Crippen molar-refractivity contribution in [3.05, 3.63) is 0 Å². The highest BCUT2D eigenvalue weighted by molar-refractivity contribution is 5.77. The highest BCUT2D eigenvalue weighted by Crippen LogP contribution is 1.80. The van der Waals surface area contributed by atoms with Gasteiger partial charge in [-0.2, -0.15) is 5.26 Å². The van der Waals surface area contributed by atoms with E-state index in [0.29, 0.717) is 19.5 Å². The monoisotopic (exact) mass is 215 g/mol. The van der Waals surface area contributed by atoms with Crippen LogP contribution >= 0.6 is 0 Å². The maximum absolute atomic E-state index is 11.1. The Kier molecular flexibility index (Phi) is 8.67. The zero-order chi connectivity index (χ0) is 11.5. The van der Waals surface area contributed by atoms with E-state index >= 15 is 0 Å². The van der Waals surface area contributed by atoms with Gasteiger partial charge in [0.1, 0.15) is 0 Å². The fourth-order valence-electron chi connectivity index (χ4n) is 0.924. The predicted octanol–water partition coefficient (Wildman–Crippen LogP) is -1.39. The van der Waals surface area contributed by atoms with Crippen molar-refractivity contribution in [2.75, 3.05) is 33.4 Å². The number of nitrogens with one attached hydrogen (secondary N) is 2. The van der Waals surface area contributed by atoms with E-state index in [0.717, 1.165) is 0 Å². The van der Waals surface area contributed by atoms with Gasteiger partial charge in [0.2, 0.25) is 5.91 Å². The second-order valence-corrected chi connectivity index (χ2v) is 3.00. The molecule has 0 aliphatic carbocycles. The quantitative estimate of drug-likeness (QED) is 0.433. The van der Waals surface area contributed by atoms with Crippen molar-refractivity contribution < 1.29 is 14.6 Å². The lowest BCUT2D eigenvalue weighted by Crippen LogP contribution is -2.38. The van der Waals surface area contributed by atoms with E-state index in [1.54, 1.807) is 0 Å². The number of hydrogen-bond acceptors (Lipinski definition) is 5. The van der Waals surface area contributed by atoms with Gasteiger partial charge in [-0.1, -0.05) is 0 Å². The summed E-state index contributed by atoms with van der Waals surface area (Å²) in [6, 6.07) is 1.92. The van der Waals surface area contributed by atoms with Crippen LogP contribution in [0.1, 0.15) is 6.42 Å². The molecule has 6 nitrogen and oxygen atoms in total. The molecule has 1 atom stereocenters. The first-order chi connectivity index (χ1) is 7.20. The van der Waals surface area contributed by atoms with Gasteiger partial charge in [0.15, 0.2) is 0 Å². The number of aliphatic hydroxyl groups is 1. The van der Waals surface area contributed by atoms with Gasteiger partial charge in [0.05, 0.1) is 31.7 Å². The maximum Gasteiger partial charge on any atom is 0.233 e. The summed E-state index contributed by atoms with van der Waals surface area (Å²) in [5.41, 5.74) is 0. The number of ether oxygens (including phenoxy) is 1. The Bertz CT molecular complexity index is 215. The number of hydrogen-bond donors (Lipinski definition) is 3. The molecule has 0 rings (SSSR count). The molecule has 0 aromatic heterocycles. The minimum atomic E-state index is -0.609. The number of rotatable bonds is 8. The molecule has 0 aromatic rings. The first-order valence-corrected chi connectivity index (χ1v) is 4.72.